The van der Waals surface area contributed by atoms with Crippen LogP contribution in [0.4, 0.5) is 0 Å². The number of hydrogen-bond donors (Lipinski definition) is 0. The molecule has 0 aromatic carbocycles. The topological polar surface area (TPSA) is 56.5 Å². The first-order valence-corrected chi connectivity index (χ1v) is 6.55. The van der Waals surface area contributed by atoms with Crippen molar-refractivity contribution in [3.8, 4) is 0 Å². The van der Waals surface area contributed by atoms with E-state index < -0.39 is 0 Å². The SMILES string of the molecule is Cc1csc(Sc2nnnn2C(C)(C)C)n1. The average molecular weight is 255 g/mol. The van der Waals surface area contributed by atoms with Gasteiger partial charge in [0.1, 0.15) is 0 Å². The Morgan fingerprint density at radius 1 is 1.38 bits per heavy atom. The van der Waals surface area contributed by atoms with E-state index in [2.05, 4.69) is 41.3 Å². The second kappa shape index (κ2) is 4.14. The molecule has 0 aliphatic rings. The van der Waals surface area contributed by atoms with Crippen molar-refractivity contribution in [2.75, 3.05) is 0 Å². The molecule has 0 fully saturated rings. The van der Waals surface area contributed by atoms with Gasteiger partial charge in [0, 0.05) is 11.1 Å². The van der Waals surface area contributed by atoms with Crippen LogP contribution in [0.15, 0.2) is 14.9 Å². The fourth-order valence-electron chi connectivity index (χ4n) is 1.12. The Balaban J connectivity index is 2.25. The molecule has 0 saturated heterocycles. The molecule has 0 unspecified atom stereocenters. The number of thiazole rings is 1. The van der Waals surface area contributed by atoms with E-state index >= 15 is 0 Å². The highest BCUT2D eigenvalue weighted by Gasteiger charge is 2.20. The Labute approximate surface area is 102 Å². The summed E-state index contributed by atoms with van der Waals surface area (Å²) in [5.41, 5.74) is 0.917. The third kappa shape index (κ3) is 2.41. The summed E-state index contributed by atoms with van der Waals surface area (Å²) in [4.78, 5) is 4.38. The van der Waals surface area contributed by atoms with Crippen LogP contribution in [0.5, 0.6) is 0 Å². The van der Waals surface area contributed by atoms with E-state index in [0.29, 0.717) is 0 Å². The van der Waals surface area contributed by atoms with Crippen LogP contribution >= 0.6 is 23.1 Å². The lowest BCUT2D eigenvalue weighted by Crippen LogP contribution is -2.24. The summed E-state index contributed by atoms with van der Waals surface area (Å²) < 4.78 is 2.78. The number of nitrogens with zero attached hydrogens (tertiary/aromatic N) is 5. The smallest absolute Gasteiger partial charge is 0.216 e. The molecule has 0 spiro atoms. The van der Waals surface area contributed by atoms with Gasteiger partial charge in [0.25, 0.3) is 0 Å². The maximum Gasteiger partial charge on any atom is 0.216 e. The molecule has 0 amide bonds. The molecule has 0 atom stereocenters. The van der Waals surface area contributed by atoms with E-state index in [1.54, 1.807) is 11.3 Å². The number of aryl methyl sites for hydroxylation is 1. The molecule has 0 aliphatic heterocycles. The van der Waals surface area contributed by atoms with Crippen molar-refractivity contribution in [3.63, 3.8) is 0 Å². The molecule has 16 heavy (non-hydrogen) atoms. The van der Waals surface area contributed by atoms with Crippen LogP contribution in [0.3, 0.4) is 0 Å². The summed E-state index contributed by atoms with van der Waals surface area (Å²) >= 11 is 3.11. The van der Waals surface area contributed by atoms with Crippen molar-refractivity contribution in [2.24, 2.45) is 0 Å². The van der Waals surface area contributed by atoms with Crippen LogP contribution in [-0.4, -0.2) is 25.2 Å². The van der Waals surface area contributed by atoms with Gasteiger partial charge >= 0.3 is 0 Å². The second-order valence-electron chi connectivity index (χ2n) is 4.40. The molecular formula is C9H13N5S2. The first-order chi connectivity index (χ1) is 7.47. The molecule has 0 N–H and O–H groups in total. The van der Waals surface area contributed by atoms with Crippen molar-refractivity contribution < 1.29 is 0 Å². The lowest BCUT2D eigenvalue weighted by atomic mass is 10.1. The van der Waals surface area contributed by atoms with Crippen LogP contribution in [-0.2, 0) is 5.54 Å². The zero-order chi connectivity index (χ0) is 11.8. The molecule has 2 rings (SSSR count). The number of aromatic nitrogens is 5. The van der Waals surface area contributed by atoms with E-state index in [0.717, 1.165) is 15.2 Å². The third-order valence-corrected chi connectivity index (χ3v) is 3.85. The zero-order valence-electron chi connectivity index (χ0n) is 9.63. The molecular weight excluding hydrogens is 242 g/mol. The highest BCUT2D eigenvalue weighted by molar-refractivity contribution is 8.00. The van der Waals surface area contributed by atoms with Gasteiger partial charge < -0.3 is 0 Å². The standard InChI is InChI=1S/C9H13N5S2/c1-6-5-15-8(10-6)16-7-11-12-13-14(7)9(2,3)4/h5H,1-4H3. The lowest BCUT2D eigenvalue weighted by Gasteiger charge is -2.18. The van der Waals surface area contributed by atoms with Crippen molar-refractivity contribution >= 4 is 23.1 Å². The molecule has 0 saturated carbocycles. The van der Waals surface area contributed by atoms with Crippen molar-refractivity contribution in [2.45, 2.75) is 42.7 Å². The molecule has 0 bridgehead atoms. The molecule has 0 radical (unpaired) electrons. The summed E-state index contributed by atoms with van der Waals surface area (Å²) in [5, 5.41) is 14.5. The molecule has 5 nitrogen and oxygen atoms in total. The minimum absolute atomic E-state index is 0.113. The largest absolute Gasteiger partial charge is 0.235 e. The van der Waals surface area contributed by atoms with Gasteiger partial charge in [-0.3, -0.25) is 0 Å². The predicted molar refractivity (Wildman–Crippen MR) is 63.8 cm³/mol. The van der Waals surface area contributed by atoms with Gasteiger partial charge in [0.2, 0.25) is 5.16 Å². The summed E-state index contributed by atoms with van der Waals surface area (Å²) in [6.45, 7) is 8.19. The summed E-state index contributed by atoms with van der Waals surface area (Å²) in [6.07, 6.45) is 0. The Bertz CT molecular complexity index is 482. The van der Waals surface area contributed by atoms with Crippen LogP contribution in [0.25, 0.3) is 0 Å². The van der Waals surface area contributed by atoms with Crippen molar-refractivity contribution in [1.29, 1.82) is 0 Å². The minimum atomic E-state index is -0.113. The Morgan fingerprint density at radius 2 is 2.12 bits per heavy atom. The fraction of sp³-hybridized carbons (Fsp3) is 0.556. The lowest BCUT2D eigenvalue weighted by molar-refractivity contribution is 0.321. The summed E-state index contributed by atoms with van der Waals surface area (Å²) in [5.74, 6) is 0. The molecule has 86 valence electrons. The summed E-state index contributed by atoms with van der Waals surface area (Å²) in [7, 11) is 0. The highest BCUT2D eigenvalue weighted by atomic mass is 32.2. The maximum absolute atomic E-state index is 4.38. The Kier molecular flexibility index (Phi) is 2.98. The van der Waals surface area contributed by atoms with Crippen molar-refractivity contribution in [3.05, 3.63) is 11.1 Å². The Hall–Kier alpha value is -0.950. The van der Waals surface area contributed by atoms with Gasteiger partial charge in [-0.05, 0) is 49.9 Å². The van der Waals surface area contributed by atoms with Crippen LogP contribution in [0.1, 0.15) is 26.5 Å². The number of hydrogen-bond acceptors (Lipinski definition) is 6. The summed E-state index contributed by atoms with van der Waals surface area (Å²) in [6, 6.07) is 0. The van der Waals surface area contributed by atoms with Gasteiger partial charge in [0.15, 0.2) is 4.34 Å². The number of rotatable bonds is 2. The molecule has 7 heteroatoms. The number of tetrazole rings is 1. The fourth-order valence-corrected chi connectivity index (χ4v) is 3.02. The maximum atomic E-state index is 4.38. The first-order valence-electron chi connectivity index (χ1n) is 4.85. The average Bonchev–Trinajstić information content (AvgIpc) is 2.74. The van der Waals surface area contributed by atoms with Crippen molar-refractivity contribution in [1.82, 2.24) is 25.2 Å². The first kappa shape index (κ1) is 11.5. The van der Waals surface area contributed by atoms with Gasteiger partial charge in [-0.1, -0.05) is 0 Å². The quantitative estimate of drug-likeness (QED) is 0.824. The molecule has 0 aliphatic carbocycles. The second-order valence-corrected chi connectivity index (χ2v) is 6.47. The molecule has 2 aromatic heterocycles. The predicted octanol–water partition coefficient (Wildman–Crippen LogP) is 2.34. The normalized spacial score (nSPS) is 12.0. The van der Waals surface area contributed by atoms with E-state index in [4.69, 9.17) is 0 Å². The van der Waals surface area contributed by atoms with Gasteiger partial charge in [-0.25, -0.2) is 9.67 Å². The van der Waals surface area contributed by atoms with E-state index in [9.17, 15) is 0 Å². The van der Waals surface area contributed by atoms with Gasteiger partial charge in [-0.2, -0.15) is 0 Å². The van der Waals surface area contributed by atoms with Crippen LogP contribution in [0.2, 0.25) is 0 Å². The van der Waals surface area contributed by atoms with E-state index in [1.807, 2.05) is 17.0 Å². The van der Waals surface area contributed by atoms with E-state index in [-0.39, 0.29) is 5.54 Å². The zero-order valence-corrected chi connectivity index (χ0v) is 11.3. The van der Waals surface area contributed by atoms with Gasteiger partial charge in [0.05, 0.1) is 5.54 Å². The van der Waals surface area contributed by atoms with Crippen LogP contribution in [0, 0.1) is 6.92 Å². The molecule has 2 aromatic rings. The molecule has 2 heterocycles. The minimum Gasteiger partial charge on any atom is -0.235 e. The van der Waals surface area contributed by atoms with Gasteiger partial charge in [-0.15, -0.1) is 16.4 Å². The highest BCUT2D eigenvalue weighted by Crippen LogP contribution is 2.30. The van der Waals surface area contributed by atoms with Crippen LogP contribution < -0.4 is 0 Å². The Morgan fingerprint density at radius 3 is 2.69 bits per heavy atom. The monoisotopic (exact) mass is 255 g/mol. The third-order valence-electron chi connectivity index (χ3n) is 1.85. The van der Waals surface area contributed by atoms with E-state index in [1.165, 1.54) is 11.8 Å².